The molecule has 196 valence electrons. The van der Waals surface area contributed by atoms with Crippen LogP contribution in [-0.4, -0.2) is 41.2 Å². The number of piperidine rings is 1. The molecule has 2 aliphatic heterocycles. The molecule has 1 N–H and O–H groups in total. The Morgan fingerprint density at radius 1 is 1.03 bits per heavy atom. The number of hydrogen-bond donors (Lipinski definition) is 1. The van der Waals surface area contributed by atoms with Gasteiger partial charge < -0.3 is 9.84 Å². The van der Waals surface area contributed by atoms with Crippen molar-refractivity contribution in [3.63, 3.8) is 0 Å². The summed E-state index contributed by atoms with van der Waals surface area (Å²) in [5, 5.41) is 9.51. The number of aliphatic carboxylic acids is 1. The van der Waals surface area contributed by atoms with E-state index in [4.69, 9.17) is 4.74 Å². The Bertz CT molecular complexity index is 1070. The highest BCUT2D eigenvalue weighted by Gasteiger charge is 2.48. The van der Waals surface area contributed by atoms with E-state index < -0.39 is 59.3 Å². The maximum absolute atomic E-state index is 13.6. The van der Waals surface area contributed by atoms with Crippen LogP contribution in [0.2, 0.25) is 0 Å². The zero-order valence-corrected chi connectivity index (χ0v) is 19.1. The fraction of sp³-hybridized carbons (Fsp3) is 0.480. The SMILES string of the molecule is C[C@@H](O[C@H]1CN2CCC(C(=O)O)CC2C1c1ccc(F)cc1)c1cc(C(F)(F)F)cc(C(F)(F)F)c1. The molecule has 4 rings (SSSR count). The van der Waals surface area contributed by atoms with Gasteiger partial charge in [0.05, 0.1) is 29.3 Å². The van der Waals surface area contributed by atoms with E-state index in [2.05, 4.69) is 0 Å². The highest BCUT2D eigenvalue weighted by molar-refractivity contribution is 5.70. The Hall–Kier alpha value is -2.66. The molecule has 36 heavy (non-hydrogen) atoms. The number of fused-ring (bicyclic) bond motifs is 1. The van der Waals surface area contributed by atoms with E-state index in [1.165, 1.54) is 19.1 Å². The van der Waals surface area contributed by atoms with Gasteiger partial charge in [-0.25, -0.2) is 4.39 Å². The lowest BCUT2D eigenvalue weighted by atomic mass is 9.82. The third-order valence-corrected chi connectivity index (χ3v) is 7.05. The molecule has 11 heteroatoms. The van der Waals surface area contributed by atoms with Gasteiger partial charge in [0, 0.05) is 18.5 Å². The minimum Gasteiger partial charge on any atom is -0.481 e. The first-order chi connectivity index (χ1) is 16.7. The predicted molar refractivity (Wildman–Crippen MR) is 115 cm³/mol. The van der Waals surface area contributed by atoms with Crippen LogP contribution in [0.25, 0.3) is 0 Å². The second-order valence-electron chi connectivity index (χ2n) is 9.36. The maximum atomic E-state index is 13.6. The van der Waals surface area contributed by atoms with Crippen molar-refractivity contribution in [1.29, 1.82) is 0 Å². The Balaban J connectivity index is 1.66. The van der Waals surface area contributed by atoms with Gasteiger partial charge in [0.1, 0.15) is 5.82 Å². The first-order valence-electron chi connectivity index (χ1n) is 11.4. The maximum Gasteiger partial charge on any atom is 0.416 e. The van der Waals surface area contributed by atoms with Gasteiger partial charge >= 0.3 is 18.3 Å². The summed E-state index contributed by atoms with van der Waals surface area (Å²) in [5.41, 5.74) is -2.47. The highest BCUT2D eigenvalue weighted by atomic mass is 19.4. The number of hydrogen-bond acceptors (Lipinski definition) is 3. The fourth-order valence-electron chi connectivity index (χ4n) is 5.27. The molecule has 2 fully saturated rings. The van der Waals surface area contributed by atoms with Crippen molar-refractivity contribution in [1.82, 2.24) is 4.90 Å². The summed E-state index contributed by atoms with van der Waals surface area (Å²) in [6.07, 6.45) is -11.0. The van der Waals surface area contributed by atoms with Crippen molar-refractivity contribution >= 4 is 5.97 Å². The monoisotopic (exact) mass is 519 g/mol. The molecule has 0 aliphatic carbocycles. The normalized spacial score (nSPS) is 26.0. The minimum atomic E-state index is -4.98. The Kier molecular flexibility index (Phi) is 7.09. The number of rotatable bonds is 5. The average molecular weight is 519 g/mol. The molecule has 0 amide bonds. The van der Waals surface area contributed by atoms with Crippen LogP contribution in [0.5, 0.6) is 0 Å². The van der Waals surface area contributed by atoms with Gasteiger partial charge in [0.15, 0.2) is 0 Å². The molecular formula is C25H24F7NO3. The number of alkyl halides is 6. The van der Waals surface area contributed by atoms with Crippen LogP contribution in [0, 0.1) is 11.7 Å². The van der Waals surface area contributed by atoms with Crippen molar-refractivity contribution < 1.29 is 45.4 Å². The van der Waals surface area contributed by atoms with Crippen LogP contribution < -0.4 is 0 Å². The van der Waals surface area contributed by atoms with Crippen LogP contribution in [0.1, 0.15) is 54.0 Å². The lowest BCUT2D eigenvalue weighted by Gasteiger charge is -2.35. The van der Waals surface area contributed by atoms with E-state index in [0.29, 0.717) is 43.6 Å². The largest absolute Gasteiger partial charge is 0.481 e. The lowest BCUT2D eigenvalue weighted by Crippen LogP contribution is -2.42. The number of carbonyl (C=O) groups is 1. The molecule has 2 aliphatic rings. The summed E-state index contributed by atoms with van der Waals surface area (Å²) >= 11 is 0. The van der Waals surface area contributed by atoms with Gasteiger partial charge in [0.25, 0.3) is 0 Å². The first kappa shape index (κ1) is 26.4. The Morgan fingerprint density at radius 3 is 2.14 bits per heavy atom. The zero-order valence-electron chi connectivity index (χ0n) is 19.1. The summed E-state index contributed by atoms with van der Waals surface area (Å²) < 4.78 is 99.6. The summed E-state index contributed by atoms with van der Waals surface area (Å²) in [7, 11) is 0. The molecular weight excluding hydrogens is 495 g/mol. The molecule has 2 saturated heterocycles. The third-order valence-electron chi connectivity index (χ3n) is 7.05. The fourth-order valence-corrected chi connectivity index (χ4v) is 5.27. The van der Waals surface area contributed by atoms with Gasteiger partial charge in [-0.05, 0) is 67.8 Å². The van der Waals surface area contributed by atoms with Crippen LogP contribution in [0.3, 0.4) is 0 Å². The topological polar surface area (TPSA) is 49.8 Å². The second kappa shape index (κ2) is 9.66. The Labute approximate surface area is 202 Å². The number of benzene rings is 2. The van der Waals surface area contributed by atoms with E-state index in [1.807, 2.05) is 4.90 Å². The number of halogens is 7. The van der Waals surface area contributed by atoms with Gasteiger partial charge in [-0.2, -0.15) is 26.3 Å². The first-order valence-corrected chi connectivity index (χ1v) is 11.4. The molecule has 5 atom stereocenters. The summed E-state index contributed by atoms with van der Waals surface area (Å²) in [6.45, 7) is 2.15. The van der Waals surface area contributed by atoms with Crippen molar-refractivity contribution in [2.24, 2.45) is 5.92 Å². The average Bonchev–Trinajstić information content (AvgIpc) is 3.15. The second-order valence-corrected chi connectivity index (χ2v) is 9.36. The van der Waals surface area contributed by atoms with Gasteiger partial charge in [-0.15, -0.1) is 0 Å². The molecule has 2 heterocycles. The number of nitrogens with zero attached hydrogens (tertiary/aromatic N) is 1. The lowest BCUT2D eigenvalue weighted by molar-refractivity contribution is -0.144. The van der Waals surface area contributed by atoms with Crippen LogP contribution >= 0.6 is 0 Å². The van der Waals surface area contributed by atoms with Gasteiger partial charge in [0.2, 0.25) is 0 Å². The number of carboxylic acids is 1. The minimum absolute atomic E-state index is 0.0689. The van der Waals surface area contributed by atoms with Crippen LogP contribution in [0.4, 0.5) is 30.7 Å². The number of carboxylic acid groups (broad SMARTS) is 1. The third kappa shape index (κ3) is 5.51. The van der Waals surface area contributed by atoms with E-state index in [1.54, 1.807) is 12.1 Å². The quantitative estimate of drug-likeness (QED) is 0.473. The van der Waals surface area contributed by atoms with E-state index in [0.717, 1.165) is 0 Å². The van der Waals surface area contributed by atoms with Crippen LogP contribution in [-0.2, 0) is 21.9 Å². The van der Waals surface area contributed by atoms with Crippen molar-refractivity contribution in [3.8, 4) is 0 Å². The van der Waals surface area contributed by atoms with Crippen LogP contribution in [0.15, 0.2) is 42.5 Å². The molecule has 0 spiro atoms. The molecule has 3 unspecified atom stereocenters. The van der Waals surface area contributed by atoms with Gasteiger partial charge in [-0.3, -0.25) is 9.69 Å². The highest BCUT2D eigenvalue weighted by Crippen LogP contribution is 2.44. The van der Waals surface area contributed by atoms with Crippen molar-refractivity contribution in [3.05, 3.63) is 70.5 Å². The summed E-state index contributed by atoms with van der Waals surface area (Å²) in [5.74, 6) is -2.45. The van der Waals surface area contributed by atoms with E-state index in [-0.39, 0.29) is 17.7 Å². The standard InChI is InChI=1S/C25H24F7NO3/c1-13(16-8-17(24(27,28)29)11-18(9-16)25(30,31)32)36-21-12-33-7-6-15(23(34)35)10-20(33)22(21)14-2-4-19(26)5-3-14/h2-5,8-9,11,13,15,20-22H,6-7,10,12H2,1H3,(H,34,35)/t13-,15?,20?,21+,22?/m1/s1. The van der Waals surface area contributed by atoms with Crippen molar-refractivity contribution in [2.45, 2.75) is 56.3 Å². The van der Waals surface area contributed by atoms with Gasteiger partial charge in [-0.1, -0.05) is 12.1 Å². The smallest absolute Gasteiger partial charge is 0.416 e. The Morgan fingerprint density at radius 2 is 1.61 bits per heavy atom. The summed E-state index contributed by atoms with van der Waals surface area (Å²) in [4.78, 5) is 13.6. The molecule has 2 aromatic rings. The van der Waals surface area contributed by atoms with E-state index in [9.17, 15) is 40.6 Å². The zero-order chi connectivity index (χ0) is 26.4. The molecule has 0 radical (unpaired) electrons. The predicted octanol–water partition coefficient (Wildman–Crippen LogP) is 6.27. The molecule has 4 nitrogen and oxygen atoms in total. The molecule has 2 aromatic carbocycles. The van der Waals surface area contributed by atoms with E-state index >= 15 is 0 Å². The summed E-state index contributed by atoms with van der Waals surface area (Å²) in [6, 6.07) is 6.66. The molecule has 0 bridgehead atoms. The molecule has 0 aromatic heterocycles. The number of ether oxygens (including phenoxy) is 1. The molecule has 0 saturated carbocycles. The van der Waals surface area contributed by atoms with Crippen molar-refractivity contribution in [2.75, 3.05) is 13.1 Å².